The van der Waals surface area contributed by atoms with Gasteiger partial charge in [0, 0.05) is 84.1 Å². The van der Waals surface area contributed by atoms with Crippen LogP contribution < -0.4 is 25.6 Å². The second-order valence-corrected chi connectivity index (χ2v) is 11.6. The molecule has 0 unspecified atom stereocenters. The number of halogens is 5. The Morgan fingerprint density at radius 2 is 1.11 bits per heavy atom. The predicted octanol–water partition coefficient (Wildman–Crippen LogP) is 5.65. The van der Waals surface area contributed by atoms with Gasteiger partial charge in [0.25, 0.3) is 0 Å². The normalized spacial score (nSPS) is 10.2. The van der Waals surface area contributed by atoms with Crippen LogP contribution in [-0.4, -0.2) is 61.3 Å². The molecular formula is C35H32BBrF4N8O4. The van der Waals surface area contributed by atoms with Crippen LogP contribution in [0, 0.1) is 30.2 Å². The Balaban J connectivity index is 0.000000193. The maximum Gasteiger partial charge on any atom is 0.490 e. The molecule has 0 saturated heterocycles. The first-order valence-corrected chi connectivity index (χ1v) is 16.3. The van der Waals surface area contributed by atoms with Gasteiger partial charge in [-0.15, -0.1) is 0 Å². The summed E-state index contributed by atoms with van der Waals surface area (Å²) in [4.78, 5) is 24.2. The van der Waals surface area contributed by atoms with Crippen molar-refractivity contribution < 1.29 is 37.1 Å². The van der Waals surface area contributed by atoms with Gasteiger partial charge >= 0.3 is 7.12 Å². The number of nitrogens with zero attached hydrogens (tertiary/aromatic N) is 6. The lowest BCUT2D eigenvalue weighted by Crippen LogP contribution is -2.29. The molecule has 0 atom stereocenters. The van der Waals surface area contributed by atoms with Crippen molar-refractivity contribution in [3.63, 3.8) is 0 Å². The van der Waals surface area contributed by atoms with Gasteiger partial charge in [-0.3, -0.25) is 0 Å². The zero-order valence-electron chi connectivity index (χ0n) is 28.4. The largest absolute Gasteiger partial charge is 0.490 e. The maximum absolute atomic E-state index is 13.6. The molecule has 0 aliphatic rings. The van der Waals surface area contributed by atoms with E-state index in [4.69, 9.17) is 19.5 Å². The summed E-state index contributed by atoms with van der Waals surface area (Å²) in [5, 5.41) is 22.9. The summed E-state index contributed by atoms with van der Waals surface area (Å²) in [5.74, 6) is -0.805. The summed E-state index contributed by atoms with van der Waals surface area (Å²) >= 11 is 3.19. The summed E-state index contributed by atoms with van der Waals surface area (Å²) in [6.45, 7) is 1.90. The number of rotatable bonds is 10. The first-order chi connectivity index (χ1) is 25.5. The topological polar surface area (TPSA) is 160 Å². The number of benzene rings is 2. The quantitative estimate of drug-likeness (QED) is 0.1000. The van der Waals surface area contributed by atoms with E-state index in [0.29, 0.717) is 23.2 Å². The Morgan fingerprint density at radius 1 is 0.642 bits per heavy atom. The van der Waals surface area contributed by atoms with E-state index in [1.54, 1.807) is 44.2 Å². The smallest absolute Gasteiger partial charge is 0.481 e. The fourth-order valence-corrected chi connectivity index (χ4v) is 4.51. The minimum Gasteiger partial charge on any atom is -0.481 e. The van der Waals surface area contributed by atoms with Gasteiger partial charge in [-0.1, -0.05) is 18.2 Å². The summed E-state index contributed by atoms with van der Waals surface area (Å²) in [6, 6.07) is 12.4. The van der Waals surface area contributed by atoms with Crippen LogP contribution in [0.1, 0.15) is 16.7 Å². The minimum atomic E-state index is -1.46. The van der Waals surface area contributed by atoms with E-state index < -0.39 is 30.4 Å². The molecule has 0 aliphatic carbocycles. The third kappa shape index (κ3) is 11.9. The number of hydrogen-bond acceptors (Lipinski definition) is 12. The number of aryl methyl sites for hydroxylation is 1. The van der Waals surface area contributed by atoms with Crippen LogP contribution in [0.4, 0.5) is 29.5 Å². The fourth-order valence-electron chi connectivity index (χ4n) is 4.31. The number of methoxy groups -OCH3 is 2. The molecule has 2 aromatic carbocycles. The highest BCUT2D eigenvalue weighted by atomic mass is 79.9. The van der Waals surface area contributed by atoms with Crippen molar-refractivity contribution in [2.75, 3.05) is 24.9 Å². The third-order valence-electron chi connectivity index (χ3n) is 7.11. The summed E-state index contributed by atoms with van der Waals surface area (Å²) < 4.78 is 64.4. The Kier molecular flexibility index (Phi) is 14.9. The van der Waals surface area contributed by atoms with E-state index in [9.17, 15) is 17.6 Å². The minimum absolute atomic E-state index is 0.000138. The SMILES string of the molecule is COc1cc(C)c(-c2cnc(NCc3c(F)cccc3F)nc2)cn1.COc1ccc(B(O)O)cn1.Fc1cccc(F)c1CNc1ncc(Br)cn1. The number of anilines is 2. The molecule has 0 bridgehead atoms. The molecule has 0 radical (unpaired) electrons. The van der Waals surface area contributed by atoms with Crippen molar-refractivity contribution in [3.8, 4) is 22.9 Å². The number of aromatic nitrogens is 6. The van der Waals surface area contributed by atoms with Crippen molar-refractivity contribution >= 4 is 40.4 Å². The molecule has 6 aromatic rings. The lowest BCUT2D eigenvalue weighted by Gasteiger charge is -2.09. The second-order valence-electron chi connectivity index (χ2n) is 10.7. The van der Waals surface area contributed by atoms with Crippen LogP contribution in [0.25, 0.3) is 11.1 Å². The van der Waals surface area contributed by atoms with E-state index in [-0.39, 0.29) is 30.2 Å². The van der Waals surface area contributed by atoms with Gasteiger partial charge in [-0.05, 0) is 58.7 Å². The van der Waals surface area contributed by atoms with Crippen LogP contribution in [0.2, 0.25) is 0 Å². The van der Waals surface area contributed by atoms with E-state index >= 15 is 0 Å². The highest BCUT2D eigenvalue weighted by Gasteiger charge is 2.12. The third-order valence-corrected chi connectivity index (χ3v) is 7.52. The zero-order valence-corrected chi connectivity index (χ0v) is 30.0. The van der Waals surface area contributed by atoms with Gasteiger partial charge in [0.15, 0.2) is 0 Å². The molecule has 0 spiro atoms. The lowest BCUT2D eigenvalue weighted by molar-refractivity contribution is 0.397. The van der Waals surface area contributed by atoms with Gasteiger partial charge in [0.2, 0.25) is 23.7 Å². The van der Waals surface area contributed by atoms with Crippen LogP contribution >= 0.6 is 15.9 Å². The summed E-state index contributed by atoms with van der Waals surface area (Å²) in [5.41, 5.74) is 2.92. The average Bonchev–Trinajstić information content (AvgIpc) is 3.16. The highest BCUT2D eigenvalue weighted by Crippen LogP contribution is 2.24. The Hall–Kier alpha value is -5.72. The molecule has 18 heteroatoms. The highest BCUT2D eigenvalue weighted by molar-refractivity contribution is 9.10. The summed E-state index contributed by atoms with van der Waals surface area (Å²) in [6.07, 6.45) is 9.39. The first kappa shape index (κ1) is 40.1. The monoisotopic (exact) mass is 794 g/mol. The average molecular weight is 795 g/mol. The number of ether oxygens (including phenoxy) is 2. The molecule has 53 heavy (non-hydrogen) atoms. The number of pyridine rings is 2. The van der Waals surface area contributed by atoms with E-state index in [1.807, 2.05) is 13.0 Å². The molecule has 0 saturated carbocycles. The predicted molar refractivity (Wildman–Crippen MR) is 194 cm³/mol. The van der Waals surface area contributed by atoms with Gasteiger partial charge in [0.1, 0.15) is 23.3 Å². The van der Waals surface area contributed by atoms with Crippen LogP contribution in [0.3, 0.4) is 0 Å². The van der Waals surface area contributed by atoms with Crippen molar-refractivity contribution in [2.45, 2.75) is 20.0 Å². The van der Waals surface area contributed by atoms with Crippen molar-refractivity contribution in [1.82, 2.24) is 29.9 Å². The molecule has 0 fully saturated rings. The Morgan fingerprint density at radius 3 is 1.53 bits per heavy atom. The number of nitrogens with one attached hydrogen (secondary N) is 2. The summed E-state index contributed by atoms with van der Waals surface area (Å²) in [7, 11) is 1.59. The van der Waals surface area contributed by atoms with Crippen LogP contribution in [-0.2, 0) is 13.1 Å². The van der Waals surface area contributed by atoms with Gasteiger partial charge in [0.05, 0.1) is 18.7 Å². The molecular weight excluding hydrogens is 763 g/mol. The molecule has 0 amide bonds. The molecule has 274 valence electrons. The molecule has 6 rings (SSSR count). The van der Waals surface area contributed by atoms with E-state index in [1.165, 1.54) is 55.8 Å². The van der Waals surface area contributed by atoms with Crippen LogP contribution in [0.5, 0.6) is 11.8 Å². The molecule has 0 aliphatic heterocycles. The van der Waals surface area contributed by atoms with Crippen LogP contribution in [0.15, 0.2) is 96.3 Å². The first-order valence-electron chi connectivity index (χ1n) is 15.5. The lowest BCUT2D eigenvalue weighted by atomic mass is 9.82. The van der Waals surface area contributed by atoms with Gasteiger partial charge in [-0.2, -0.15) is 0 Å². The molecule has 4 aromatic heterocycles. The van der Waals surface area contributed by atoms with E-state index in [2.05, 4.69) is 56.5 Å². The standard InChI is InChI=1S/C18H16F2N4O.C11H8BrF2N3.C6H8BNO3/c1-11-6-17(25-2)21-9-13(11)12-7-22-18(23-8-12)24-10-14-15(19)4-3-5-16(14)20;12-7-4-15-11(16-5-7)17-6-8-9(13)2-1-3-10(8)14;1-11-6-3-2-5(4-8-6)7(9)10/h3-9H,10H2,1-2H3,(H,22,23,24);1-5H,6H2,(H,15,16,17);2-4,9-10H,1H3. The zero-order chi connectivity index (χ0) is 38.3. The van der Waals surface area contributed by atoms with Crippen molar-refractivity contribution in [2.24, 2.45) is 0 Å². The van der Waals surface area contributed by atoms with Crippen molar-refractivity contribution in [3.05, 3.63) is 136 Å². The molecule has 12 nitrogen and oxygen atoms in total. The van der Waals surface area contributed by atoms with Crippen molar-refractivity contribution in [1.29, 1.82) is 0 Å². The maximum atomic E-state index is 13.6. The fraction of sp³-hybridized carbons (Fsp3) is 0.143. The molecule has 4 heterocycles. The Labute approximate surface area is 310 Å². The van der Waals surface area contributed by atoms with Gasteiger partial charge < -0.3 is 30.2 Å². The van der Waals surface area contributed by atoms with E-state index in [0.717, 1.165) is 21.2 Å². The second kappa shape index (κ2) is 19.8. The number of hydrogen-bond donors (Lipinski definition) is 4. The Bertz CT molecular complexity index is 2030. The van der Waals surface area contributed by atoms with Gasteiger partial charge in [-0.25, -0.2) is 47.5 Å². The molecule has 4 N–H and O–H groups in total.